The van der Waals surface area contributed by atoms with Gasteiger partial charge < -0.3 is 14.2 Å². The monoisotopic (exact) mass is 690 g/mol. The first-order chi connectivity index (χ1) is 23.5. The number of aromatic nitrogens is 4. The molecule has 0 bridgehead atoms. The zero-order valence-corrected chi connectivity index (χ0v) is 29.9. The van der Waals surface area contributed by atoms with E-state index < -0.39 is 0 Å². The van der Waals surface area contributed by atoms with Crippen LogP contribution in [0.15, 0.2) is 54.7 Å². The van der Waals surface area contributed by atoms with Crippen molar-refractivity contribution >= 4 is 56.6 Å². The molecule has 1 atom stereocenters. The maximum Gasteiger partial charge on any atom is 0.275 e. The van der Waals surface area contributed by atoms with E-state index in [1.807, 2.05) is 86.8 Å². The Kier molecular flexibility index (Phi) is 8.38. The number of fused-ring (bicyclic) bond motifs is 4. The summed E-state index contributed by atoms with van der Waals surface area (Å²) in [4.78, 5) is 21.3. The molecule has 1 aliphatic rings. The van der Waals surface area contributed by atoms with Crippen LogP contribution in [-0.2, 0) is 13.5 Å². The fraction of sp³-hybridized carbons (Fsp3) is 0.282. The van der Waals surface area contributed by atoms with Gasteiger partial charge in [-0.15, -0.1) is 0 Å². The fourth-order valence-corrected chi connectivity index (χ4v) is 7.73. The molecule has 0 radical (unpaired) electrons. The lowest BCUT2D eigenvalue weighted by Crippen LogP contribution is -2.42. The second-order valence-corrected chi connectivity index (χ2v) is 13.7. The summed E-state index contributed by atoms with van der Waals surface area (Å²) in [5.74, 6) is 0.669. The van der Waals surface area contributed by atoms with Crippen LogP contribution in [0.1, 0.15) is 63.5 Å². The first kappa shape index (κ1) is 32.7. The summed E-state index contributed by atoms with van der Waals surface area (Å²) in [6, 6.07) is 17.3. The summed E-state index contributed by atoms with van der Waals surface area (Å²) in [6.45, 7) is 11.0. The standard InChI is InChI=1S/C39H36Cl2N6O2/c1-21-16-27(17-22(2)36(21)41)49-15-7-8-28-29-10-11-31(40)35(34-24(4)44-45(6)25(34)5)37(29)47-23(3)20-46(39(48)38(28)47)33-13-14-43-32-12-9-26(19-42)18-30(32)33/h9-14,16-18,23H,7-8,15,20H2,1-6H3. The molecule has 7 rings (SSSR count). The van der Waals surface area contributed by atoms with Crippen molar-refractivity contribution in [2.45, 2.75) is 53.5 Å². The van der Waals surface area contributed by atoms with Crippen LogP contribution in [0.5, 0.6) is 5.75 Å². The second-order valence-electron chi connectivity index (χ2n) is 12.9. The Morgan fingerprint density at radius 2 is 1.76 bits per heavy atom. The molecule has 248 valence electrons. The number of benzene rings is 3. The molecule has 1 aliphatic heterocycles. The average Bonchev–Trinajstić information content (AvgIpc) is 3.55. The Hall–Kier alpha value is -4.84. The molecule has 0 saturated carbocycles. The molecule has 6 aromatic rings. The lowest BCUT2D eigenvalue weighted by molar-refractivity contribution is 0.0957. The Bertz CT molecular complexity index is 2340. The SMILES string of the molecule is Cc1cc(OCCCc2c3n(c4c(-c5c(C)nn(C)c5C)c(Cl)ccc24)C(C)CN(c2ccnc4ccc(C#N)cc24)C3=O)cc(C)c1Cl. The van der Waals surface area contributed by atoms with Crippen molar-refractivity contribution in [3.63, 3.8) is 0 Å². The van der Waals surface area contributed by atoms with Crippen LogP contribution in [0.2, 0.25) is 10.0 Å². The molecule has 1 unspecified atom stereocenters. The Labute approximate surface area is 295 Å². The number of rotatable bonds is 7. The molecule has 8 nitrogen and oxygen atoms in total. The number of carbonyl (C=O) groups excluding carboxylic acids is 1. The topological polar surface area (TPSA) is 89.0 Å². The van der Waals surface area contributed by atoms with Gasteiger partial charge in [0, 0.05) is 58.4 Å². The summed E-state index contributed by atoms with van der Waals surface area (Å²) >= 11 is 13.5. The molecule has 3 aromatic heterocycles. The number of aryl methyl sites for hydroxylation is 5. The van der Waals surface area contributed by atoms with E-state index in [1.54, 1.807) is 12.3 Å². The Balaban J connectivity index is 1.38. The highest BCUT2D eigenvalue weighted by Crippen LogP contribution is 2.45. The van der Waals surface area contributed by atoms with Gasteiger partial charge in [-0.05, 0) is 107 Å². The van der Waals surface area contributed by atoms with Gasteiger partial charge in [0.25, 0.3) is 5.91 Å². The van der Waals surface area contributed by atoms with Crippen LogP contribution in [0.4, 0.5) is 5.69 Å². The lowest BCUT2D eigenvalue weighted by Gasteiger charge is -2.35. The Morgan fingerprint density at radius 3 is 2.45 bits per heavy atom. The van der Waals surface area contributed by atoms with Crippen molar-refractivity contribution in [2.24, 2.45) is 7.05 Å². The van der Waals surface area contributed by atoms with Crippen molar-refractivity contribution in [2.75, 3.05) is 18.1 Å². The van der Waals surface area contributed by atoms with Crippen molar-refractivity contribution in [1.29, 1.82) is 5.26 Å². The van der Waals surface area contributed by atoms with E-state index in [0.717, 1.165) is 77.5 Å². The molecule has 1 amide bonds. The quantitative estimate of drug-likeness (QED) is 0.156. The molecular weight excluding hydrogens is 655 g/mol. The lowest BCUT2D eigenvalue weighted by atomic mass is 9.98. The molecule has 0 spiro atoms. The summed E-state index contributed by atoms with van der Waals surface area (Å²) in [6.07, 6.45) is 3.01. The number of amides is 1. The van der Waals surface area contributed by atoms with Crippen molar-refractivity contribution in [1.82, 2.24) is 19.3 Å². The number of carbonyl (C=O) groups is 1. The van der Waals surface area contributed by atoms with Gasteiger partial charge in [0.05, 0.1) is 45.7 Å². The fourth-order valence-electron chi connectivity index (χ4n) is 7.37. The predicted octanol–water partition coefficient (Wildman–Crippen LogP) is 9.24. The molecule has 0 saturated heterocycles. The smallest absolute Gasteiger partial charge is 0.275 e. The summed E-state index contributed by atoms with van der Waals surface area (Å²) in [7, 11) is 1.93. The number of hydrogen-bond donors (Lipinski definition) is 0. The van der Waals surface area contributed by atoms with Gasteiger partial charge in [-0.2, -0.15) is 10.4 Å². The number of hydrogen-bond acceptors (Lipinski definition) is 5. The molecule has 0 N–H and O–H groups in total. The second kappa shape index (κ2) is 12.6. The number of ether oxygens (including phenoxy) is 1. The minimum Gasteiger partial charge on any atom is -0.494 e. The van der Waals surface area contributed by atoms with Crippen LogP contribution in [0.25, 0.3) is 32.9 Å². The first-order valence-electron chi connectivity index (χ1n) is 16.4. The van der Waals surface area contributed by atoms with Gasteiger partial charge in [0.15, 0.2) is 0 Å². The van der Waals surface area contributed by atoms with Crippen LogP contribution in [0, 0.1) is 39.0 Å². The number of nitriles is 1. The summed E-state index contributed by atoms with van der Waals surface area (Å²) < 4.78 is 10.3. The van der Waals surface area contributed by atoms with Crippen LogP contribution in [0.3, 0.4) is 0 Å². The molecule has 0 fully saturated rings. The van der Waals surface area contributed by atoms with Gasteiger partial charge in [0.2, 0.25) is 0 Å². The number of anilines is 1. The van der Waals surface area contributed by atoms with E-state index in [0.29, 0.717) is 42.3 Å². The van der Waals surface area contributed by atoms with Gasteiger partial charge in [0.1, 0.15) is 11.4 Å². The van der Waals surface area contributed by atoms with Gasteiger partial charge in [-0.25, -0.2) is 0 Å². The molecule has 3 aromatic carbocycles. The third kappa shape index (κ3) is 5.42. The average molecular weight is 692 g/mol. The molecule has 4 heterocycles. The molecule has 0 aliphatic carbocycles. The predicted molar refractivity (Wildman–Crippen MR) is 196 cm³/mol. The minimum absolute atomic E-state index is 0.0999. The van der Waals surface area contributed by atoms with Crippen molar-refractivity contribution < 1.29 is 9.53 Å². The van der Waals surface area contributed by atoms with E-state index in [4.69, 9.17) is 33.0 Å². The van der Waals surface area contributed by atoms with Crippen molar-refractivity contribution in [3.8, 4) is 22.9 Å². The third-order valence-corrected chi connectivity index (χ3v) is 10.6. The van der Waals surface area contributed by atoms with E-state index in [9.17, 15) is 10.1 Å². The maximum atomic E-state index is 14.9. The third-order valence-electron chi connectivity index (χ3n) is 9.70. The highest BCUT2D eigenvalue weighted by molar-refractivity contribution is 6.35. The first-order valence-corrected chi connectivity index (χ1v) is 17.1. The van der Waals surface area contributed by atoms with E-state index in [-0.39, 0.29) is 11.9 Å². The molecular formula is C39H36Cl2N6O2. The van der Waals surface area contributed by atoms with Crippen LogP contribution in [-0.4, -0.2) is 38.4 Å². The van der Waals surface area contributed by atoms with E-state index >= 15 is 0 Å². The Morgan fingerprint density at radius 1 is 1.00 bits per heavy atom. The normalized spacial score (nSPS) is 14.5. The van der Waals surface area contributed by atoms with E-state index in [2.05, 4.69) is 22.5 Å². The summed E-state index contributed by atoms with van der Waals surface area (Å²) in [5.41, 5.74) is 10.2. The highest BCUT2D eigenvalue weighted by atomic mass is 35.5. The van der Waals surface area contributed by atoms with E-state index in [1.165, 1.54) is 0 Å². The van der Waals surface area contributed by atoms with Crippen LogP contribution < -0.4 is 9.64 Å². The molecule has 49 heavy (non-hydrogen) atoms. The van der Waals surface area contributed by atoms with Gasteiger partial charge >= 0.3 is 0 Å². The van der Waals surface area contributed by atoms with Crippen molar-refractivity contribution in [3.05, 3.63) is 104 Å². The molecule has 10 heteroatoms. The largest absolute Gasteiger partial charge is 0.494 e. The van der Waals surface area contributed by atoms with Gasteiger partial charge in [-0.1, -0.05) is 29.3 Å². The number of halogens is 2. The number of nitrogens with zero attached hydrogens (tertiary/aromatic N) is 6. The summed E-state index contributed by atoms with van der Waals surface area (Å²) in [5, 5.41) is 17.5. The van der Waals surface area contributed by atoms with Crippen LogP contribution >= 0.6 is 23.2 Å². The zero-order chi connectivity index (χ0) is 34.7. The highest BCUT2D eigenvalue weighted by Gasteiger charge is 2.37. The van der Waals surface area contributed by atoms with Gasteiger partial charge in [-0.3, -0.25) is 14.5 Å². The maximum absolute atomic E-state index is 14.9. The number of pyridine rings is 1. The zero-order valence-electron chi connectivity index (χ0n) is 28.4. The minimum atomic E-state index is -0.106.